The van der Waals surface area contributed by atoms with Crippen LogP contribution in [0.25, 0.3) is 0 Å². The number of ether oxygens (including phenoxy) is 4. The van der Waals surface area contributed by atoms with Gasteiger partial charge in [-0.2, -0.15) is 0 Å². The lowest BCUT2D eigenvalue weighted by molar-refractivity contribution is -0.359. The molecular weight excluding hydrogens is 762 g/mol. The molecule has 0 aromatic rings. The monoisotopic (exact) mass is 848 g/mol. The minimum Gasteiger partial charge on any atom is -0.394 e. The van der Waals surface area contributed by atoms with Crippen LogP contribution in [0.15, 0.2) is 12.2 Å². The Labute approximate surface area is 355 Å². The van der Waals surface area contributed by atoms with Crippen LogP contribution in [-0.2, 0) is 23.7 Å². The Bertz CT molecular complexity index is 1050. The lowest BCUT2D eigenvalue weighted by Gasteiger charge is -2.46. The summed E-state index contributed by atoms with van der Waals surface area (Å²) >= 11 is 0. The molecule has 0 aliphatic carbocycles. The Kier molecular flexibility index (Phi) is 30.4. The zero-order chi connectivity index (χ0) is 43.3. The van der Waals surface area contributed by atoms with E-state index in [4.69, 9.17) is 18.9 Å². The second-order valence-electron chi connectivity index (χ2n) is 16.9. The minimum absolute atomic E-state index is 0.240. The molecule has 2 heterocycles. The second-order valence-corrected chi connectivity index (χ2v) is 16.9. The maximum atomic E-state index is 13.1. The molecule has 1 amide bonds. The van der Waals surface area contributed by atoms with Gasteiger partial charge in [0, 0.05) is 6.42 Å². The van der Waals surface area contributed by atoms with Crippen LogP contribution in [0.3, 0.4) is 0 Å². The number of unbranched alkanes of at least 4 members (excludes halogenated alkanes) is 22. The van der Waals surface area contributed by atoms with E-state index < -0.39 is 86.8 Å². The number of aliphatic hydroxyl groups is 8. The third-order valence-corrected chi connectivity index (χ3v) is 11.7. The summed E-state index contributed by atoms with van der Waals surface area (Å²) in [4.78, 5) is 13.1. The number of allylic oxidation sites excluding steroid dienone is 1. The number of carbonyl (C=O) groups excluding carboxylic acids is 1. The number of rotatable bonds is 35. The fraction of sp³-hybridized carbons (Fsp3) is 0.933. The number of carbonyl (C=O) groups is 1. The molecule has 0 spiro atoms. The summed E-state index contributed by atoms with van der Waals surface area (Å²) in [6.07, 6.45) is 15.4. The average molecular weight is 848 g/mol. The van der Waals surface area contributed by atoms with Crippen molar-refractivity contribution in [1.82, 2.24) is 5.32 Å². The van der Waals surface area contributed by atoms with Crippen LogP contribution in [0, 0.1) is 0 Å². The van der Waals surface area contributed by atoms with Crippen molar-refractivity contribution < 1.29 is 64.6 Å². The summed E-state index contributed by atoms with van der Waals surface area (Å²) in [5.41, 5.74) is 0. The summed E-state index contributed by atoms with van der Waals surface area (Å²) in [5.74, 6) is -0.240. The van der Waals surface area contributed by atoms with Crippen molar-refractivity contribution >= 4 is 5.91 Å². The standard InChI is InChI=1S/C45H85NO13/c1-3-5-7-9-11-13-15-16-17-19-21-23-25-27-29-37(50)46-33(34(49)28-26-24-22-20-18-14-12-10-8-6-4-2)32-56-44-42(55)40(53)43(36(31-48)58-44)59-45-41(54)39(52)38(51)35(30-47)57-45/h26,28,33-36,38-45,47-49,51-55H,3-25,27,29-32H2,1-2H3,(H,46,50)/b28-26+. The highest BCUT2D eigenvalue weighted by Crippen LogP contribution is 2.30. The molecule has 2 fully saturated rings. The smallest absolute Gasteiger partial charge is 0.220 e. The van der Waals surface area contributed by atoms with Gasteiger partial charge in [0.25, 0.3) is 0 Å². The van der Waals surface area contributed by atoms with E-state index >= 15 is 0 Å². The molecule has 59 heavy (non-hydrogen) atoms. The predicted molar refractivity (Wildman–Crippen MR) is 226 cm³/mol. The molecule has 2 aliphatic heterocycles. The zero-order valence-corrected chi connectivity index (χ0v) is 36.5. The molecule has 14 nitrogen and oxygen atoms in total. The fourth-order valence-corrected chi connectivity index (χ4v) is 7.82. The van der Waals surface area contributed by atoms with Crippen LogP contribution in [0.5, 0.6) is 0 Å². The molecule has 2 saturated heterocycles. The summed E-state index contributed by atoms with van der Waals surface area (Å²) in [6.45, 7) is 2.75. The van der Waals surface area contributed by atoms with Crippen molar-refractivity contribution in [2.45, 2.75) is 248 Å². The van der Waals surface area contributed by atoms with Crippen LogP contribution in [0.1, 0.15) is 174 Å². The summed E-state index contributed by atoms with van der Waals surface area (Å²) in [7, 11) is 0. The van der Waals surface area contributed by atoms with Crippen LogP contribution < -0.4 is 5.32 Å². The van der Waals surface area contributed by atoms with Gasteiger partial charge in [0.2, 0.25) is 5.91 Å². The van der Waals surface area contributed by atoms with Gasteiger partial charge in [0.05, 0.1) is 32.0 Å². The lowest BCUT2D eigenvalue weighted by atomic mass is 9.97. The molecule has 14 heteroatoms. The van der Waals surface area contributed by atoms with E-state index in [1.165, 1.54) is 109 Å². The number of nitrogens with one attached hydrogen (secondary N) is 1. The first-order valence-electron chi connectivity index (χ1n) is 23.4. The Morgan fingerprint density at radius 1 is 0.593 bits per heavy atom. The van der Waals surface area contributed by atoms with Gasteiger partial charge in [0.15, 0.2) is 12.6 Å². The SMILES string of the molecule is CCCCCCCCCCC/C=C/C(O)C(COC1OC(CO)C(OC2OC(CO)C(O)C(O)C2O)C(O)C1O)NC(=O)CCCCCCCCCCCCCCCC. The van der Waals surface area contributed by atoms with E-state index in [9.17, 15) is 45.6 Å². The first kappa shape index (κ1) is 53.9. The number of aliphatic hydroxyl groups excluding tert-OH is 8. The van der Waals surface area contributed by atoms with E-state index in [1.54, 1.807) is 6.08 Å². The number of hydrogen-bond donors (Lipinski definition) is 9. The molecule has 0 saturated carbocycles. The molecule has 0 radical (unpaired) electrons. The van der Waals surface area contributed by atoms with Gasteiger partial charge in [-0.3, -0.25) is 4.79 Å². The lowest BCUT2D eigenvalue weighted by Crippen LogP contribution is -2.65. The van der Waals surface area contributed by atoms with Crippen LogP contribution >= 0.6 is 0 Å². The maximum absolute atomic E-state index is 13.1. The van der Waals surface area contributed by atoms with E-state index in [1.807, 2.05) is 6.08 Å². The topological polar surface area (TPSA) is 228 Å². The van der Waals surface area contributed by atoms with Gasteiger partial charge in [-0.15, -0.1) is 0 Å². The average Bonchev–Trinajstić information content (AvgIpc) is 3.23. The molecule has 9 N–H and O–H groups in total. The van der Waals surface area contributed by atoms with Crippen molar-refractivity contribution in [1.29, 1.82) is 0 Å². The molecule has 2 rings (SSSR count). The molecular formula is C45H85NO13. The minimum atomic E-state index is -1.78. The maximum Gasteiger partial charge on any atom is 0.220 e. The Morgan fingerprint density at radius 2 is 1.05 bits per heavy atom. The third kappa shape index (κ3) is 21.6. The van der Waals surface area contributed by atoms with Gasteiger partial charge in [-0.1, -0.05) is 161 Å². The molecule has 12 atom stereocenters. The molecule has 2 aliphatic rings. The van der Waals surface area contributed by atoms with E-state index in [2.05, 4.69) is 19.2 Å². The molecule has 348 valence electrons. The van der Waals surface area contributed by atoms with Crippen molar-refractivity contribution in [2.75, 3.05) is 19.8 Å². The van der Waals surface area contributed by atoms with Gasteiger partial charge in [-0.05, 0) is 19.3 Å². The number of amides is 1. The quantitative estimate of drug-likeness (QED) is 0.0308. The Balaban J connectivity index is 1.89. The fourth-order valence-electron chi connectivity index (χ4n) is 7.82. The van der Waals surface area contributed by atoms with E-state index in [0.29, 0.717) is 6.42 Å². The first-order valence-corrected chi connectivity index (χ1v) is 23.4. The molecule has 0 aromatic carbocycles. The van der Waals surface area contributed by atoms with Crippen molar-refractivity contribution in [3.8, 4) is 0 Å². The molecule has 0 aromatic heterocycles. The number of hydrogen-bond acceptors (Lipinski definition) is 13. The van der Waals surface area contributed by atoms with Crippen LogP contribution in [-0.4, -0.2) is 140 Å². The zero-order valence-electron chi connectivity index (χ0n) is 36.5. The van der Waals surface area contributed by atoms with Crippen LogP contribution in [0.2, 0.25) is 0 Å². The summed E-state index contributed by atoms with van der Waals surface area (Å²) < 4.78 is 22.6. The van der Waals surface area contributed by atoms with E-state index in [-0.39, 0.29) is 18.9 Å². The highest BCUT2D eigenvalue weighted by molar-refractivity contribution is 5.76. The largest absolute Gasteiger partial charge is 0.394 e. The van der Waals surface area contributed by atoms with Crippen molar-refractivity contribution in [3.63, 3.8) is 0 Å². The third-order valence-electron chi connectivity index (χ3n) is 11.7. The van der Waals surface area contributed by atoms with E-state index in [0.717, 1.165) is 38.5 Å². The summed E-state index contributed by atoms with van der Waals surface area (Å²) in [5, 5.41) is 86.4. The highest BCUT2D eigenvalue weighted by atomic mass is 16.7. The van der Waals surface area contributed by atoms with Crippen molar-refractivity contribution in [3.05, 3.63) is 12.2 Å². The second kappa shape index (κ2) is 33.3. The van der Waals surface area contributed by atoms with Gasteiger partial charge < -0.3 is 65.1 Å². The first-order chi connectivity index (χ1) is 28.6. The van der Waals surface area contributed by atoms with Crippen LogP contribution in [0.4, 0.5) is 0 Å². The molecule has 0 bridgehead atoms. The predicted octanol–water partition coefficient (Wildman–Crippen LogP) is 4.82. The van der Waals surface area contributed by atoms with Gasteiger partial charge in [0.1, 0.15) is 48.8 Å². The van der Waals surface area contributed by atoms with Gasteiger partial charge in [-0.25, -0.2) is 0 Å². The summed E-state index contributed by atoms with van der Waals surface area (Å²) in [6, 6.07) is -0.905. The van der Waals surface area contributed by atoms with Gasteiger partial charge >= 0.3 is 0 Å². The highest BCUT2D eigenvalue weighted by Gasteiger charge is 2.50. The normalized spacial score (nSPS) is 28.6. The van der Waals surface area contributed by atoms with Crippen molar-refractivity contribution in [2.24, 2.45) is 0 Å². The Hall–Kier alpha value is -1.27. The Morgan fingerprint density at radius 3 is 1.56 bits per heavy atom. The molecule has 12 unspecified atom stereocenters.